The van der Waals surface area contributed by atoms with Crippen LogP contribution in [0.3, 0.4) is 0 Å². The third kappa shape index (κ3) is 4.21. The number of imidazole rings is 1. The van der Waals surface area contributed by atoms with Gasteiger partial charge in [0.1, 0.15) is 6.73 Å². The van der Waals surface area contributed by atoms with Crippen molar-refractivity contribution in [1.29, 1.82) is 0 Å². The van der Waals surface area contributed by atoms with Crippen molar-refractivity contribution in [3.05, 3.63) is 63.4 Å². The monoisotopic (exact) mass is 384 g/mol. The molecule has 1 aromatic heterocycles. The Bertz CT molecular complexity index is 822. The Labute approximate surface area is 154 Å². The lowest BCUT2D eigenvalue weighted by Gasteiger charge is -2.08. The van der Waals surface area contributed by atoms with E-state index in [0.717, 1.165) is 11.1 Å². The Morgan fingerprint density at radius 2 is 1.62 bits per heavy atom. The van der Waals surface area contributed by atoms with Crippen LogP contribution in [-0.4, -0.2) is 22.8 Å². The van der Waals surface area contributed by atoms with E-state index in [9.17, 15) is 0 Å². The molecule has 0 atom stereocenters. The Hall–Kier alpha value is -1.30. The number of fused-ring (bicyclic) bond motifs is 1. The standard InChI is InChI=1S/C17H15Cl3N2O2/c18-13-8-15-16(9-14(13)19)22(17(20)21-15)11-24-7-6-23-10-12-4-2-1-3-5-12/h1-5,8-9H,6-7,10-11H2. The molecule has 0 saturated carbocycles. The molecule has 0 spiro atoms. The molecule has 24 heavy (non-hydrogen) atoms. The highest BCUT2D eigenvalue weighted by Gasteiger charge is 2.11. The van der Waals surface area contributed by atoms with E-state index >= 15 is 0 Å². The molecule has 0 amide bonds. The molecule has 1 heterocycles. The van der Waals surface area contributed by atoms with E-state index in [1.54, 1.807) is 16.7 Å². The van der Waals surface area contributed by atoms with E-state index in [1.807, 2.05) is 30.3 Å². The fourth-order valence-electron chi connectivity index (χ4n) is 2.25. The van der Waals surface area contributed by atoms with Crippen LogP contribution in [0.15, 0.2) is 42.5 Å². The summed E-state index contributed by atoms with van der Waals surface area (Å²) in [4.78, 5) is 4.24. The van der Waals surface area contributed by atoms with Crippen molar-refractivity contribution >= 4 is 45.8 Å². The Kier molecular flexibility index (Phi) is 5.98. The minimum atomic E-state index is 0.266. The van der Waals surface area contributed by atoms with E-state index in [0.29, 0.717) is 40.7 Å². The van der Waals surface area contributed by atoms with Gasteiger partial charge >= 0.3 is 0 Å². The van der Waals surface area contributed by atoms with Crippen molar-refractivity contribution in [1.82, 2.24) is 9.55 Å². The van der Waals surface area contributed by atoms with E-state index in [-0.39, 0.29) is 6.73 Å². The van der Waals surface area contributed by atoms with Gasteiger partial charge in [-0.25, -0.2) is 4.98 Å². The molecule has 3 rings (SSSR count). The van der Waals surface area contributed by atoms with E-state index in [1.165, 1.54) is 0 Å². The van der Waals surface area contributed by atoms with E-state index in [4.69, 9.17) is 44.3 Å². The average molecular weight is 386 g/mol. The van der Waals surface area contributed by atoms with Gasteiger partial charge in [-0.3, -0.25) is 4.57 Å². The number of benzene rings is 2. The zero-order chi connectivity index (χ0) is 16.9. The Morgan fingerprint density at radius 1 is 0.917 bits per heavy atom. The molecule has 0 fully saturated rings. The summed E-state index contributed by atoms with van der Waals surface area (Å²) in [5.74, 6) is 0. The number of hydrogen-bond acceptors (Lipinski definition) is 3. The number of nitrogens with zero attached hydrogens (tertiary/aromatic N) is 2. The van der Waals surface area contributed by atoms with Gasteiger partial charge in [0.05, 0.1) is 40.9 Å². The largest absolute Gasteiger partial charge is 0.374 e. The first-order valence-corrected chi connectivity index (χ1v) is 8.49. The molecule has 3 aromatic rings. The lowest BCUT2D eigenvalue weighted by atomic mass is 10.2. The van der Waals surface area contributed by atoms with Crippen molar-refractivity contribution in [3.8, 4) is 0 Å². The molecular formula is C17H15Cl3N2O2. The smallest absolute Gasteiger partial charge is 0.205 e. The second kappa shape index (κ2) is 8.19. The minimum absolute atomic E-state index is 0.266. The van der Waals surface area contributed by atoms with Crippen molar-refractivity contribution in [3.63, 3.8) is 0 Å². The van der Waals surface area contributed by atoms with Gasteiger partial charge in [0.25, 0.3) is 0 Å². The van der Waals surface area contributed by atoms with Gasteiger partial charge in [0.15, 0.2) is 0 Å². The third-order valence-corrected chi connectivity index (χ3v) is 4.46. The first kappa shape index (κ1) is 17.5. The second-order valence-corrected chi connectivity index (χ2v) is 6.29. The average Bonchev–Trinajstić information content (AvgIpc) is 2.87. The van der Waals surface area contributed by atoms with Crippen LogP contribution in [0, 0.1) is 0 Å². The molecular weight excluding hydrogens is 371 g/mol. The number of aromatic nitrogens is 2. The van der Waals surface area contributed by atoms with E-state index < -0.39 is 0 Å². The van der Waals surface area contributed by atoms with Gasteiger partial charge in [-0.15, -0.1) is 0 Å². The molecule has 0 unspecified atom stereocenters. The first-order chi connectivity index (χ1) is 11.6. The predicted molar refractivity (Wildman–Crippen MR) is 96.8 cm³/mol. The zero-order valence-corrected chi connectivity index (χ0v) is 15.0. The van der Waals surface area contributed by atoms with Crippen LogP contribution in [0.2, 0.25) is 15.3 Å². The summed E-state index contributed by atoms with van der Waals surface area (Å²) in [6.45, 7) is 1.77. The first-order valence-electron chi connectivity index (χ1n) is 7.35. The van der Waals surface area contributed by atoms with Crippen LogP contribution in [0.5, 0.6) is 0 Å². The van der Waals surface area contributed by atoms with Crippen molar-refractivity contribution in [2.24, 2.45) is 0 Å². The molecule has 126 valence electrons. The summed E-state index contributed by atoms with van der Waals surface area (Å²) in [6.07, 6.45) is 0. The molecule has 4 nitrogen and oxygen atoms in total. The summed E-state index contributed by atoms with van der Waals surface area (Å²) in [7, 11) is 0. The summed E-state index contributed by atoms with van der Waals surface area (Å²) in [5.41, 5.74) is 2.59. The van der Waals surface area contributed by atoms with Gasteiger partial charge < -0.3 is 9.47 Å². The van der Waals surface area contributed by atoms with E-state index in [2.05, 4.69) is 4.98 Å². The van der Waals surface area contributed by atoms with Crippen LogP contribution < -0.4 is 0 Å². The quantitative estimate of drug-likeness (QED) is 0.525. The summed E-state index contributed by atoms with van der Waals surface area (Å²) < 4.78 is 12.9. The number of rotatable bonds is 7. The molecule has 0 N–H and O–H groups in total. The van der Waals surface area contributed by atoms with Crippen molar-refractivity contribution in [2.75, 3.05) is 13.2 Å². The Balaban J connectivity index is 1.51. The van der Waals surface area contributed by atoms with Crippen LogP contribution in [0.4, 0.5) is 0 Å². The fourth-order valence-corrected chi connectivity index (χ4v) is 2.80. The highest BCUT2D eigenvalue weighted by Crippen LogP contribution is 2.29. The molecule has 0 aliphatic heterocycles. The molecule has 0 aliphatic carbocycles. The molecule has 0 radical (unpaired) electrons. The van der Waals surface area contributed by atoms with Crippen LogP contribution in [0.1, 0.15) is 5.56 Å². The Morgan fingerprint density at radius 3 is 2.42 bits per heavy atom. The minimum Gasteiger partial charge on any atom is -0.374 e. The normalized spacial score (nSPS) is 11.3. The van der Waals surface area contributed by atoms with Crippen molar-refractivity contribution in [2.45, 2.75) is 13.3 Å². The second-order valence-electron chi connectivity index (χ2n) is 5.14. The highest BCUT2D eigenvalue weighted by molar-refractivity contribution is 6.42. The van der Waals surface area contributed by atoms with Gasteiger partial charge in [0, 0.05) is 0 Å². The zero-order valence-electron chi connectivity index (χ0n) is 12.7. The molecule has 7 heteroatoms. The van der Waals surface area contributed by atoms with Crippen LogP contribution >= 0.6 is 34.8 Å². The van der Waals surface area contributed by atoms with Crippen molar-refractivity contribution < 1.29 is 9.47 Å². The van der Waals surface area contributed by atoms with Gasteiger partial charge in [-0.1, -0.05) is 53.5 Å². The maximum Gasteiger partial charge on any atom is 0.205 e. The highest BCUT2D eigenvalue weighted by atomic mass is 35.5. The third-order valence-electron chi connectivity index (χ3n) is 3.45. The summed E-state index contributed by atoms with van der Waals surface area (Å²) in [6, 6.07) is 13.4. The molecule has 0 saturated heterocycles. The number of ether oxygens (including phenoxy) is 2. The number of hydrogen-bond donors (Lipinski definition) is 0. The SMILES string of the molecule is Clc1cc2nc(Cl)n(COCCOCc3ccccc3)c2cc1Cl. The maximum atomic E-state index is 6.15. The molecule has 2 aromatic carbocycles. The van der Waals surface area contributed by atoms with Gasteiger partial charge in [-0.2, -0.15) is 0 Å². The van der Waals surface area contributed by atoms with Crippen LogP contribution in [0.25, 0.3) is 11.0 Å². The topological polar surface area (TPSA) is 36.3 Å². The van der Waals surface area contributed by atoms with Gasteiger partial charge in [0.2, 0.25) is 5.28 Å². The summed E-state index contributed by atoms with van der Waals surface area (Å²) in [5, 5.41) is 1.22. The molecule has 0 bridgehead atoms. The number of halogens is 3. The molecule has 0 aliphatic rings. The fraction of sp³-hybridized carbons (Fsp3) is 0.235. The predicted octanol–water partition coefficient (Wildman–Crippen LogP) is 5.19. The summed E-state index contributed by atoms with van der Waals surface area (Å²) >= 11 is 18.2. The lowest BCUT2D eigenvalue weighted by molar-refractivity contribution is 0.0149. The maximum absolute atomic E-state index is 6.15. The lowest BCUT2D eigenvalue weighted by Crippen LogP contribution is -2.08. The van der Waals surface area contributed by atoms with Gasteiger partial charge in [-0.05, 0) is 29.3 Å². The van der Waals surface area contributed by atoms with Crippen LogP contribution in [-0.2, 0) is 22.8 Å².